The third kappa shape index (κ3) is 3.47. The molecule has 1 unspecified atom stereocenters. The average Bonchev–Trinajstić information content (AvgIpc) is 3.23. The van der Waals surface area contributed by atoms with Crippen molar-refractivity contribution in [2.24, 2.45) is 13.0 Å². The summed E-state index contributed by atoms with van der Waals surface area (Å²) in [6.45, 7) is 3.11. The van der Waals surface area contributed by atoms with Crippen LogP contribution in [0.5, 0.6) is 0 Å². The molecular formula is C20H22N4O2S. The van der Waals surface area contributed by atoms with Crippen molar-refractivity contribution in [1.29, 1.82) is 0 Å². The fourth-order valence-corrected chi connectivity index (χ4v) is 4.70. The van der Waals surface area contributed by atoms with Gasteiger partial charge in [0, 0.05) is 31.2 Å². The van der Waals surface area contributed by atoms with Gasteiger partial charge >= 0.3 is 0 Å². The highest BCUT2D eigenvalue weighted by atomic mass is 32.1. The Morgan fingerprint density at radius 3 is 2.78 bits per heavy atom. The Labute approximate surface area is 161 Å². The number of benzene rings is 1. The summed E-state index contributed by atoms with van der Waals surface area (Å²) < 4.78 is 1.82. The van der Waals surface area contributed by atoms with E-state index < -0.39 is 0 Å². The van der Waals surface area contributed by atoms with Crippen molar-refractivity contribution in [3.05, 3.63) is 47.0 Å². The molecule has 1 N–H and O–H groups in total. The number of likely N-dealkylation sites (tertiary alicyclic amines) is 1. The number of piperidine rings is 1. The molecular weight excluding hydrogens is 360 g/mol. The number of amides is 2. The molecule has 27 heavy (non-hydrogen) atoms. The largest absolute Gasteiger partial charge is 0.337 e. The van der Waals surface area contributed by atoms with Crippen molar-refractivity contribution in [3.63, 3.8) is 0 Å². The second-order valence-electron chi connectivity index (χ2n) is 6.98. The van der Waals surface area contributed by atoms with Gasteiger partial charge < -0.3 is 10.2 Å². The zero-order valence-electron chi connectivity index (χ0n) is 15.4. The van der Waals surface area contributed by atoms with Gasteiger partial charge in [-0.05, 0) is 38.0 Å². The average molecular weight is 382 g/mol. The van der Waals surface area contributed by atoms with Crippen LogP contribution in [-0.2, 0) is 11.8 Å². The Balaban J connectivity index is 1.47. The van der Waals surface area contributed by atoms with Gasteiger partial charge in [0.25, 0.3) is 5.91 Å². The highest BCUT2D eigenvalue weighted by molar-refractivity contribution is 7.20. The lowest BCUT2D eigenvalue weighted by Crippen LogP contribution is -2.43. The number of carbonyl (C=O) groups is 2. The van der Waals surface area contributed by atoms with E-state index in [1.165, 1.54) is 11.3 Å². The molecule has 0 saturated carbocycles. The monoisotopic (exact) mass is 382 g/mol. The first kappa shape index (κ1) is 17.7. The predicted octanol–water partition coefficient (Wildman–Crippen LogP) is 3.43. The lowest BCUT2D eigenvalue weighted by Gasteiger charge is -2.31. The van der Waals surface area contributed by atoms with Crippen LogP contribution >= 0.6 is 11.3 Å². The van der Waals surface area contributed by atoms with E-state index >= 15 is 0 Å². The Morgan fingerprint density at radius 2 is 2.04 bits per heavy atom. The van der Waals surface area contributed by atoms with Gasteiger partial charge in [-0.1, -0.05) is 18.2 Å². The first-order chi connectivity index (χ1) is 13.0. The van der Waals surface area contributed by atoms with E-state index in [1.54, 1.807) is 0 Å². The zero-order valence-corrected chi connectivity index (χ0v) is 16.3. The number of para-hydroxylation sites is 1. The maximum Gasteiger partial charge on any atom is 0.264 e. The third-order valence-electron chi connectivity index (χ3n) is 5.03. The van der Waals surface area contributed by atoms with Crippen LogP contribution in [0.1, 0.15) is 28.2 Å². The number of nitrogens with zero attached hydrogens (tertiary/aromatic N) is 3. The summed E-state index contributed by atoms with van der Waals surface area (Å²) in [7, 11) is 1.89. The first-order valence-electron chi connectivity index (χ1n) is 9.11. The van der Waals surface area contributed by atoms with Crippen LogP contribution in [0, 0.1) is 12.8 Å². The highest BCUT2D eigenvalue weighted by Gasteiger charge is 2.30. The van der Waals surface area contributed by atoms with Gasteiger partial charge in [-0.3, -0.25) is 14.3 Å². The Kier molecular flexibility index (Phi) is 4.70. The number of rotatable bonds is 3. The summed E-state index contributed by atoms with van der Waals surface area (Å²) >= 11 is 1.47. The van der Waals surface area contributed by atoms with E-state index in [1.807, 2.05) is 60.0 Å². The van der Waals surface area contributed by atoms with E-state index in [0.29, 0.717) is 18.0 Å². The summed E-state index contributed by atoms with van der Waals surface area (Å²) in [5.41, 5.74) is 1.72. The molecule has 2 amide bonds. The van der Waals surface area contributed by atoms with E-state index in [-0.39, 0.29) is 17.7 Å². The minimum absolute atomic E-state index is 0.00723. The van der Waals surface area contributed by atoms with Crippen LogP contribution in [0.3, 0.4) is 0 Å². The number of fused-ring (bicyclic) bond motifs is 1. The zero-order chi connectivity index (χ0) is 19.0. The topological polar surface area (TPSA) is 67.2 Å². The molecule has 4 rings (SSSR count). The van der Waals surface area contributed by atoms with Gasteiger partial charge in [-0.2, -0.15) is 5.10 Å². The highest BCUT2D eigenvalue weighted by Crippen LogP contribution is 2.30. The van der Waals surface area contributed by atoms with Crippen LogP contribution < -0.4 is 5.32 Å². The number of carbonyl (C=O) groups excluding carboxylic acids is 2. The smallest absolute Gasteiger partial charge is 0.264 e. The number of thiophene rings is 1. The van der Waals surface area contributed by atoms with Gasteiger partial charge in [0.05, 0.1) is 16.5 Å². The summed E-state index contributed by atoms with van der Waals surface area (Å²) in [5, 5.41) is 8.37. The molecule has 1 fully saturated rings. The molecule has 2 aromatic heterocycles. The molecule has 0 spiro atoms. The molecule has 6 nitrogen and oxygen atoms in total. The van der Waals surface area contributed by atoms with Gasteiger partial charge in [-0.15, -0.1) is 11.3 Å². The van der Waals surface area contributed by atoms with Crippen LogP contribution in [0.15, 0.2) is 36.4 Å². The molecule has 7 heteroatoms. The summed E-state index contributed by atoms with van der Waals surface area (Å²) in [5.74, 6) is -0.191. The molecule has 1 aliphatic rings. The summed E-state index contributed by atoms with van der Waals surface area (Å²) in [6.07, 6.45) is 1.64. The SMILES string of the molecule is Cc1nn(C)c2sc(C(=O)N3CCCC(C(=O)Nc4ccccc4)C3)cc12. The molecule has 0 bridgehead atoms. The van der Waals surface area contributed by atoms with Crippen molar-refractivity contribution in [2.45, 2.75) is 19.8 Å². The molecule has 3 aromatic rings. The molecule has 3 heterocycles. The van der Waals surface area contributed by atoms with Crippen molar-refractivity contribution >= 4 is 39.1 Å². The molecule has 0 aliphatic carbocycles. The number of hydrogen-bond donors (Lipinski definition) is 1. The van der Waals surface area contributed by atoms with Gasteiger partial charge in [0.15, 0.2) is 0 Å². The molecule has 0 radical (unpaired) electrons. The van der Waals surface area contributed by atoms with Crippen LogP contribution in [0.4, 0.5) is 5.69 Å². The Hall–Kier alpha value is -2.67. The minimum atomic E-state index is -0.180. The maximum atomic E-state index is 13.0. The predicted molar refractivity (Wildman–Crippen MR) is 107 cm³/mol. The first-order valence-corrected chi connectivity index (χ1v) is 9.93. The van der Waals surface area contributed by atoms with Crippen molar-refractivity contribution in [1.82, 2.24) is 14.7 Å². The summed E-state index contributed by atoms with van der Waals surface area (Å²) in [4.78, 5) is 29.1. The lowest BCUT2D eigenvalue weighted by molar-refractivity contribution is -0.121. The minimum Gasteiger partial charge on any atom is -0.337 e. The van der Waals surface area contributed by atoms with Crippen molar-refractivity contribution in [2.75, 3.05) is 18.4 Å². The molecule has 140 valence electrons. The van der Waals surface area contributed by atoms with Crippen molar-refractivity contribution < 1.29 is 9.59 Å². The van der Waals surface area contributed by atoms with Crippen LogP contribution in [0.2, 0.25) is 0 Å². The lowest BCUT2D eigenvalue weighted by atomic mass is 9.97. The Bertz CT molecular complexity index is 958. The normalized spacial score (nSPS) is 17.3. The fourth-order valence-electron chi connectivity index (χ4n) is 3.61. The van der Waals surface area contributed by atoms with Crippen LogP contribution in [-0.4, -0.2) is 39.6 Å². The summed E-state index contributed by atoms with van der Waals surface area (Å²) in [6, 6.07) is 11.4. The number of aromatic nitrogens is 2. The number of aryl methyl sites for hydroxylation is 2. The fraction of sp³-hybridized carbons (Fsp3) is 0.350. The standard InChI is InChI=1S/C20H22N4O2S/c1-13-16-11-17(27-20(16)23(2)22-13)19(26)24-10-6-7-14(12-24)18(25)21-15-8-4-3-5-9-15/h3-5,8-9,11,14H,6-7,10,12H2,1-2H3,(H,21,25). The van der Waals surface area contributed by atoms with E-state index in [9.17, 15) is 9.59 Å². The Morgan fingerprint density at radius 1 is 1.26 bits per heavy atom. The van der Waals surface area contributed by atoms with Crippen LogP contribution in [0.25, 0.3) is 10.2 Å². The molecule has 1 atom stereocenters. The number of anilines is 1. The quantitative estimate of drug-likeness (QED) is 0.755. The van der Waals surface area contributed by atoms with E-state index in [4.69, 9.17) is 0 Å². The second kappa shape index (κ2) is 7.15. The van der Waals surface area contributed by atoms with Gasteiger partial charge in [0.2, 0.25) is 5.91 Å². The molecule has 1 saturated heterocycles. The van der Waals surface area contributed by atoms with E-state index in [2.05, 4.69) is 10.4 Å². The number of hydrogen-bond acceptors (Lipinski definition) is 4. The van der Waals surface area contributed by atoms with Gasteiger partial charge in [-0.25, -0.2) is 0 Å². The maximum absolute atomic E-state index is 13.0. The number of nitrogens with one attached hydrogen (secondary N) is 1. The van der Waals surface area contributed by atoms with Crippen molar-refractivity contribution in [3.8, 4) is 0 Å². The molecule has 1 aromatic carbocycles. The molecule has 1 aliphatic heterocycles. The third-order valence-corrected chi connectivity index (χ3v) is 6.22. The second-order valence-corrected chi connectivity index (χ2v) is 8.01. The van der Waals surface area contributed by atoms with E-state index in [0.717, 1.165) is 34.4 Å². The van der Waals surface area contributed by atoms with Gasteiger partial charge in [0.1, 0.15) is 4.83 Å².